The highest BCUT2D eigenvalue weighted by Gasteiger charge is 2.21. The fourth-order valence-electron chi connectivity index (χ4n) is 2.52. The average molecular weight is 312 g/mol. The summed E-state index contributed by atoms with van der Waals surface area (Å²) >= 11 is 0. The Bertz CT molecular complexity index is 635. The fraction of sp³-hybridized carbons (Fsp3) is 0.316. The Morgan fingerprint density at radius 2 is 2.00 bits per heavy atom. The number of hydrogen-bond acceptors (Lipinski definition) is 2. The molecular weight excluding hydrogens is 288 g/mol. The summed E-state index contributed by atoms with van der Waals surface area (Å²) < 4.78 is 7.57. The Labute approximate surface area is 138 Å². The third-order valence-electron chi connectivity index (χ3n) is 3.73. The van der Waals surface area contributed by atoms with Gasteiger partial charge in [-0.15, -0.1) is 6.58 Å². The van der Waals surface area contributed by atoms with E-state index in [4.69, 9.17) is 4.74 Å². The molecule has 1 aromatic carbocycles. The predicted octanol–water partition coefficient (Wildman–Crippen LogP) is 3.66. The first-order valence-electron chi connectivity index (χ1n) is 7.90. The molecule has 2 aromatic rings. The van der Waals surface area contributed by atoms with Crippen LogP contribution in [-0.2, 0) is 11.3 Å². The molecule has 23 heavy (non-hydrogen) atoms. The van der Waals surface area contributed by atoms with Crippen molar-refractivity contribution in [3.8, 4) is 5.75 Å². The lowest BCUT2D eigenvalue weighted by Gasteiger charge is -2.26. The van der Waals surface area contributed by atoms with E-state index >= 15 is 0 Å². The minimum absolute atomic E-state index is 0.0624. The average Bonchev–Trinajstić information content (AvgIpc) is 3.09. The molecular formula is C19H24N2O2. The normalized spacial score (nSPS) is 11.7. The van der Waals surface area contributed by atoms with Crippen LogP contribution in [0.3, 0.4) is 0 Å². The molecule has 1 unspecified atom stereocenters. The smallest absolute Gasteiger partial charge is 0.245 e. The third-order valence-corrected chi connectivity index (χ3v) is 3.73. The van der Waals surface area contributed by atoms with Crippen molar-refractivity contribution >= 4 is 5.91 Å². The fourth-order valence-corrected chi connectivity index (χ4v) is 2.52. The largest absolute Gasteiger partial charge is 0.494 e. The van der Waals surface area contributed by atoms with E-state index in [0.717, 1.165) is 11.3 Å². The van der Waals surface area contributed by atoms with E-state index in [1.165, 1.54) is 0 Å². The molecule has 1 heterocycles. The maximum Gasteiger partial charge on any atom is 0.245 e. The SMILES string of the molecule is C=CCN(Cc1ccccc1OCC)C(=O)C(C)n1cccc1. The minimum Gasteiger partial charge on any atom is -0.494 e. The number of carbonyl (C=O) groups excluding carboxylic acids is 1. The number of hydrogen-bond donors (Lipinski definition) is 0. The zero-order valence-electron chi connectivity index (χ0n) is 13.8. The van der Waals surface area contributed by atoms with Crippen LogP contribution in [0.25, 0.3) is 0 Å². The molecule has 0 saturated heterocycles. The Balaban J connectivity index is 2.18. The van der Waals surface area contributed by atoms with Crippen molar-refractivity contribution in [2.45, 2.75) is 26.4 Å². The maximum atomic E-state index is 12.8. The van der Waals surface area contributed by atoms with Crippen LogP contribution in [0.5, 0.6) is 5.75 Å². The van der Waals surface area contributed by atoms with Crippen molar-refractivity contribution < 1.29 is 9.53 Å². The Kier molecular flexibility index (Phi) is 6.03. The van der Waals surface area contributed by atoms with Gasteiger partial charge in [0.1, 0.15) is 11.8 Å². The van der Waals surface area contributed by atoms with Crippen LogP contribution in [0.1, 0.15) is 25.5 Å². The monoisotopic (exact) mass is 312 g/mol. The highest BCUT2D eigenvalue weighted by Crippen LogP contribution is 2.21. The van der Waals surface area contributed by atoms with Crippen molar-refractivity contribution in [1.82, 2.24) is 9.47 Å². The maximum absolute atomic E-state index is 12.8. The number of benzene rings is 1. The molecule has 0 aliphatic carbocycles. The van der Waals surface area contributed by atoms with Crippen molar-refractivity contribution in [3.63, 3.8) is 0 Å². The number of para-hydroxylation sites is 1. The molecule has 1 aromatic heterocycles. The van der Waals surface area contributed by atoms with E-state index in [2.05, 4.69) is 6.58 Å². The summed E-state index contributed by atoms with van der Waals surface area (Å²) in [6.07, 6.45) is 5.56. The molecule has 4 heteroatoms. The number of nitrogens with zero attached hydrogens (tertiary/aromatic N) is 2. The molecule has 0 aliphatic rings. The first-order valence-corrected chi connectivity index (χ1v) is 7.90. The van der Waals surface area contributed by atoms with Gasteiger partial charge in [-0.3, -0.25) is 4.79 Å². The van der Waals surface area contributed by atoms with Gasteiger partial charge in [0.25, 0.3) is 0 Å². The molecule has 0 bridgehead atoms. The van der Waals surface area contributed by atoms with Crippen LogP contribution in [-0.4, -0.2) is 28.5 Å². The molecule has 1 amide bonds. The summed E-state index contributed by atoms with van der Waals surface area (Å²) in [5, 5.41) is 0. The molecule has 0 N–H and O–H groups in total. The number of amides is 1. The van der Waals surface area contributed by atoms with Gasteiger partial charge in [-0.2, -0.15) is 0 Å². The Hall–Kier alpha value is -2.49. The van der Waals surface area contributed by atoms with Crippen LogP contribution in [0.4, 0.5) is 0 Å². The first-order chi connectivity index (χ1) is 11.2. The lowest BCUT2D eigenvalue weighted by atomic mass is 10.1. The lowest BCUT2D eigenvalue weighted by molar-refractivity contribution is -0.134. The topological polar surface area (TPSA) is 34.5 Å². The molecule has 4 nitrogen and oxygen atoms in total. The summed E-state index contributed by atoms with van der Waals surface area (Å²) in [4.78, 5) is 14.6. The highest BCUT2D eigenvalue weighted by molar-refractivity contribution is 5.80. The van der Waals surface area contributed by atoms with Gasteiger partial charge < -0.3 is 14.2 Å². The third kappa shape index (κ3) is 4.25. The van der Waals surface area contributed by atoms with Gasteiger partial charge in [0.05, 0.1) is 6.61 Å². The van der Waals surface area contributed by atoms with E-state index in [0.29, 0.717) is 19.7 Å². The molecule has 1 atom stereocenters. The van der Waals surface area contributed by atoms with Crippen molar-refractivity contribution in [2.75, 3.05) is 13.2 Å². The minimum atomic E-state index is -0.246. The summed E-state index contributed by atoms with van der Waals surface area (Å²) in [6.45, 7) is 9.25. The molecule has 0 saturated carbocycles. The summed E-state index contributed by atoms with van der Waals surface area (Å²) in [5.74, 6) is 0.887. The molecule has 122 valence electrons. The van der Waals surface area contributed by atoms with Gasteiger partial charge in [-0.1, -0.05) is 24.3 Å². The standard InChI is InChI=1S/C19H24N2O2/c1-4-12-21(19(22)16(3)20-13-8-9-14-20)15-17-10-6-7-11-18(17)23-5-2/h4,6-11,13-14,16H,1,5,12,15H2,2-3H3. The van der Waals surface area contributed by atoms with Crippen LogP contribution in [0, 0.1) is 0 Å². The summed E-state index contributed by atoms with van der Waals surface area (Å²) in [7, 11) is 0. The van der Waals surface area contributed by atoms with Gasteiger partial charge in [0.2, 0.25) is 5.91 Å². The Morgan fingerprint density at radius 3 is 2.65 bits per heavy atom. The number of aromatic nitrogens is 1. The number of carbonyl (C=O) groups is 1. The molecule has 0 fully saturated rings. The van der Waals surface area contributed by atoms with Gasteiger partial charge in [-0.05, 0) is 32.0 Å². The van der Waals surface area contributed by atoms with E-state index in [9.17, 15) is 4.79 Å². The second kappa shape index (κ2) is 8.22. The second-order valence-corrected chi connectivity index (χ2v) is 5.35. The lowest BCUT2D eigenvalue weighted by Crippen LogP contribution is -2.35. The van der Waals surface area contributed by atoms with E-state index in [-0.39, 0.29) is 11.9 Å². The van der Waals surface area contributed by atoms with Crippen molar-refractivity contribution in [3.05, 3.63) is 67.0 Å². The molecule has 0 aliphatic heterocycles. The van der Waals surface area contributed by atoms with E-state index in [1.807, 2.05) is 67.2 Å². The van der Waals surface area contributed by atoms with Crippen molar-refractivity contribution in [1.29, 1.82) is 0 Å². The second-order valence-electron chi connectivity index (χ2n) is 5.35. The summed E-state index contributed by atoms with van der Waals surface area (Å²) in [6, 6.07) is 11.4. The molecule has 2 rings (SSSR count). The van der Waals surface area contributed by atoms with Crippen LogP contribution < -0.4 is 4.74 Å². The predicted molar refractivity (Wildman–Crippen MR) is 92.4 cm³/mol. The molecule has 0 radical (unpaired) electrons. The number of ether oxygens (including phenoxy) is 1. The zero-order valence-corrected chi connectivity index (χ0v) is 13.8. The summed E-state index contributed by atoms with van der Waals surface area (Å²) in [5.41, 5.74) is 1.00. The van der Waals surface area contributed by atoms with Crippen molar-refractivity contribution in [2.24, 2.45) is 0 Å². The van der Waals surface area contributed by atoms with Gasteiger partial charge in [0.15, 0.2) is 0 Å². The van der Waals surface area contributed by atoms with E-state index < -0.39 is 0 Å². The van der Waals surface area contributed by atoms with Crippen LogP contribution in [0.15, 0.2) is 61.4 Å². The molecule has 0 spiro atoms. The van der Waals surface area contributed by atoms with Gasteiger partial charge in [0, 0.05) is 31.0 Å². The van der Waals surface area contributed by atoms with Crippen LogP contribution in [0.2, 0.25) is 0 Å². The van der Waals surface area contributed by atoms with Gasteiger partial charge in [-0.25, -0.2) is 0 Å². The quantitative estimate of drug-likeness (QED) is 0.697. The van der Waals surface area contributed by atoms with Gasteiger partial charge >= 0.3 is 0 Å². The van der Waals surface area contributed by atoms with E-state index in [1.54, 1.807) is 11.0 Å². The van der Waals surface area contributed by atoms with Crippen LogP contribution >= 0.6 is 0 Å². The zero-order chi connectivity index (χ0) is 16.7. The highest BCUT2D eigenvalue weighted by atomic mass is 16.5. The first kappa shape index (κ1) is 16.9. The Morgan fingerprint density at radius 1 is 1.30 bits per heavy atom. The number of rotatable bonds is 8.